The molecule has 0 saturated carbocycles. The number of benzene rings is 1. The van der Waals surface area contributed by atoms with Crippen molar-refractivity contribution in [3.63, 3.8) is 0 Å². The van der Waals surface area contributed by atoms with Crippen LogP contribution in [0.4, 0.5) is 8.78 Å². The predicted octanol–water partition coefficient (Wildman–Crippen LogP) is 2.57. The fourth-order valence-corrected chi connectivity index (χ4v) is 1.61. The molecule has 1 atom stereocenters. The van der Waals surface area contributed by atoms with E-state index >= 15 is 0 Å². The molecule has 0 aromatic heterocycles. The van der Waals surface area contributed by atoms with Gasteiger partial charge in [0.15, 0.2) is 11.6 Å². The molecule has 100 valence electrons. The largest absolute Gasteiger partial charge is 0.469 e. The van der Waals surface area contributed by atoms with E-state index in [9.17, 15) is 13.6 Å². The molecular formula is C13H17F2NO2. The summed E-state index contributed by atoms with van der Waals surface area (Å²) >= 11 is 0. The molecule has 0 heterocycles. The normalized spacial score (nSPS) is 12.2. The van der Waals surface area contributed by atoms with Gasteiger partial charge in [-0.25, -0.2) is 8.78 Å². The zero-order chi connectivity index (χ0) is 13.5. The Hall–Kier alpha value is -1.49. The van der Waals surface area contributed by atoms with Gasteiger partial charge in [-0.3, -0.25) is 4.79 Å². The quantitative estimate of drug-likeness (QED) is 0.796. The Morgan fingerprint density at radius 1 is 1.39 bits per heavy atom. The van der Waals surface area contributed by atoms with E-state index in [2.05, 4.69) is 10.1 Å². The minimum atomic E-state index is -0.916. The Kier molecular flexibility index (Phi) is 5.71. The van der Waals surface area contributed by atoms with Gasteiger partial charge in [0.1, 0.15) is 0 Å². The number of methoxy groups -OCH3 is 1. The molecule has 5 heteroatoms. The minimum absolute atomic E-state index is 0.0849. The third-order valence-electron chi connectivity index (χ3n) is 2.59. The molecule has 0 amide bonds. The topological polar surface area (TPSA) is 38.3 Å². The van der Waals surface area contributed by atoms with Gasteiger partial charge in [0.05, 0.1) is 13.5 Å². The molecule has 1 unspecified atom stereocenters. The smallest absolute Gasteiger partial charge is 0.307 e. The van der Waals surface area contributed by atoms with E-state index in [-0.39, 0.29) is 12.5 Å². The van der Waals surface area contributed by atoms with Crippen molar-refractivity contribution in [1.29, 1.82) is 0 Å². The SMILES string of the molecule is CCCNC(CC(=O)OC)c1ccc(F)c(F)c1. The average molecular weight is 257 g/mol. The minimum Gasteiger partial charge on any atom is -0.469 e. The van der Waals surface area contributed by atoms with Crippen LogP contribution < -0.4 is 5.32 Å². The van der Waals surface area contributed by atoms with E-state index in [1.54, 1.807) is 0 Å². The van der Waals surface area contributed by atoms with Gasteiger partial charge in [-0.2, -0.15) is 0 Å². The zero-order valence-corrected chi connectivity index (χ0v) is 10.5. The molecule has 0 radical (unpaired) electrons. The first-order valence-electron chi connectivity index (χ1n) is 5.83. The van der Waals surface area contributed by atoms with Crippen molar-refractivity contribution in [2.75, 3.05) is 13.7 Å². The molecule has 0 fully saturated rings. The number of carbonyl (C=O) groups is 1. The van der Waals surface area contributed by atoms with Crippen molar-refractivity contribution < 1.29 is 18.3 Å². The standard InChI is InChI=1S/C13H17F2NO2/c1-3-6-16-12(8-13(17)18-2)9-4-5-10(14)11(15)7-9/h4-5,7,12,16H,3,6,8H2,1-2H3. The first-order valence-corrected chi connectivity index (χ1v) is 5.83. The Morgan fingerprint density at radius 2 is 2.11 bits per heavy atom. The van der Waals surface area contributed by atoms with Crippen LogP contribution >= 0.6 is 0 Å². The van der Waals surface area contributed by atoms with Crippen molar-refractivity contribution in [3.8, 4) is 0 Å². The Labute approximate surface area is 105 Å². The summed E-state index contributed by atoms with van der Waals surface area (Å²) in [7, 11) is 1.30. The third kappa shape index (κ3) is 4.07. The summed E-state index contributed by atoms with van der Waals surface area (Å²) in [6.07, 6.45) is 0.961. The molecule has 3 nitrogen and oxygen atoms in total. The van der Waals surface area contributed by atoms with E-state index in [1.807, 2.05) is 6.92 Å². The van der Waals surface area contributed by atoms with Crippen molar-refractivity contribution in [1.82, 2.24) is 5.32 Å². The Bertz CT molecular complexity index is 410. The molecule has 0 bridgehead atoms. The maximum absolute atomic E-state index is 13.2. The summed E-state index contributed by atoms with van der Waals surface area (Å²) in [5.74, 6) is -2.21. The number of hydrogen-bond acceptors (Lipinski definition) is 3. The van der Waals surface area contributed by atoms with Crippen LogP contribution in [0.1, 0.15) is 31.4 Å². The molecular weight excluding hydrogens is 240 g/mol. The van der Waals surface area contributed by atoms with Crippen molar-refractivity contribution in [3.05, 3.63) is 35.4 Å². The number of hydrogen-bond donors (Lipinski definition) is 1. The lowest BCUT2D eigenvalue weighted by Gasteiger charge is -2.18. The Balaban J connectivity index is 2.86. The molecule has 1 aromatic rings. The van der Waals surface area contributed by atoms with E-state index in [4.69, 9.17) is 0 Å². The van der Waals surface area contributed by atoms with Gasteiger partial charge >= 0.3 is 5.97 Å². The highest BCUT2D eigenvalue weighted by Crippen LogP contribution is 2.20. The lowest BCUT2D eigenvalue weighted by Crippen LogP contribution is -2.25. The van der Waals surface area contributed by atoms with Gasteiger partial charge in [-0.1, -0.05) is 13.0 Å². The number of carbonyl (C=O) groups excluding carboxylic acids is 1. The Morgan fingerprint density at radius 3 is 2.67 bits per heavy atom. The second-order valence-corrected chi connectivity index (χ2v) is 3.96. The molecule has 1 rings (SSSR count). The van der Waals surface area contributed by atoms with Crippen LogP contribution in [0, 0.1) is 11.6 Å². The molecule has 0 aliphatic heterocycles. The molecule has 0 aliphatic carbocycles. The highest BCUT2D eigenvalue weighted by molar-refractivity contribution is 5.70. The van der Waals surface area contributed by atoms with Crippen LogP contribution in [0.15, 0.2) is 18.2 Å². The second-order valence-electron chi connectivity index (χ2n) is 3.96. The first kappa shape index (κ1) is 14.6. The average Bonchev–Trinajstić information content (AvgIpc) is 2.37. The van der Waals surface area contributed by atoms with E-state index < -0.39 is 17.6 Å². The molecule has 1 N–H and O–H groups in total. The van der Waals surface area contributed by atoms with Gasteiger partial charge in [0.2, 0.25) is 0 Å². The van der Waals surface area contributed by atoms with Gasteiger partial charge in [-0.15, -0.1) is 0 Å². The molecule has 18 heavy (non-hydrogen) atoms. The van der Waals surface area contributed by atoms with Crippen molar-refractivity contribution in [2.45, 2.75) is 25.8 Å². The van der Waals surface area contributed by atoms with Crippen LogP contribution in [0.3, 0.4) is 0 Å². The highest BCUT2D eigenvalue weighted by atomic mass is 19.2. The predicted molar refractivity (Wildman–Crippen MR) is 64.0 cm³/mol. The maximum atomic E-state index is 13.2. The second kappa shape index (κ2) is 7.06. The zero-order valence-electron chi connectivity index (χ0n) is 10.5. The van der Waals surface area contributed by atoms with Crippen LogP contribution in [-0.2, 0) is 9.53 Å². The van der Waals surface area contributed by atoms with Crippen molar-refractivity contribution in [2.24, 2.45) is 0 Å². The van der Waals surface area contributed by atoms with Gasteiger partial charge in [0.25, 0.3) is 0 Å². The highest BCUT2D eigenvalue weighted by Gasteiger charge is 2.17. The van der Waals surface area contributed by atoms with Gasteiger partial charge in [-0.05, 0) is 30.7 Å². The summed E-state index contributed by atoms with van der Waals surface area (Å²) < 4.78 is 30.6. The summed E-state index contributed by atoms with van der Waals surface area (Å²) in [5, 5.41) is 3.11. The van der Waals surface area contributed by atoms with Crippen LogP contribution in [0.25, 0.3) is 0 Å². The van der Waals surface area contributed by atoms with E-state index in [0.29, 0.717) is 12.1 Å². The number of ether oxygens (including phenoxy) is 1. The summed E-state index contributed by atoms with van der Waals surface area (Å²) in [4.78, 5) is 11.3. The molecule has 0 spiro atoms. The first-order chi connectivity index (χ1) is 8.58. The molecule has 0 saturated heterocycles. The lowest BCUT2D eigenvalue weighted by molar-refractivity contribution is -0.141. The number of nitrogens with one attached hydrogen (secondary N) is 1. The number of rotatable bonds is 6. The number of halogens is 2. The van der Waals surface area contributed by atoms with E-state index in [1.165, 1.54) is 13.2 Å². The molecule has 0 aliphatic rings. The van der Waals surface area contributed by atoms with Crippen molar-refractivity contribution >= 4 is 5.97 Å². The maximum Gasteiger partial charge on any atom is 0.307 e. The van der Waals surface area contributed by atoms with Gasteiger partial charge < -0.3 is 10.1 Å². The summed E-state index contributed by atoms with van der Waals surface area (Å²) in [6.45, 7) is 2.66. The number of esters is 1. The fourth-order valence-electron chi connectivity index (χ4n) is 1.61. The van der Waals surface area contributed by atoms with E-state index in [0.717, 1.165) is 18.6 Å². The monoisotopic (exact) mass is 257 g/mol. The van der Waals surface area contributed by atoms with Crippen LogP contribution in [-0.4, -0.2) is 19.6 Å². The summed E-state index contributed by atoms with van der Waals surface area (Å²) in [5.41, 5.74) is 0.535. The molecule has 1 aromatic carbocycles. The van der Waals surface area contributed by atoms with Crippen LogP contribution in [0.5, 0.6) is 0 Å². The van der Waals surface area contributed by atoms with Crippen LogP contribution in [0.2, 0.25) is 0 Å². The third-order valence-corrected chi connectivity index (χ3v) is 2.59. The lowest BCUT2D eigenvalue weighted by atomic mass is 10.0. The summed E-state index contributed by atoms with van der Waals surface area (Å²) in [6, 6.07) is 3.26. The van der Waals surface area contributed by atoms with Gasteiger partial charge in [0, 0.05) is 6.04 Å². The fraction of sp³-hybridized carbons (Fsp3) is 0.462.